The van der Waals surface area contributed by atoms with E-state index in [0.29, 0.717) is 11.5 Å². The first-order chi connectivity index (χ1) is 21.1. The third kappa shape index (κ3) is 11.3. The molecule has 10 heteroatoms. The molecule has 8 nitrogen and oxygen atoms in total. The van der Waals surface area contributed by atoms with E-state index in [9.17, 15) is 18.9 Å². The number of hydrogen-bond acceptors (Lipinski definition) is 6. The van der Waals surface area contributed by atoms with Gasteiger partial charge in [0.05, 0.1) is 0 Å². The van der Waals surface area contributed by atoms with Gasteiger partial charge in [0.15, 0.2) is 0 Å². The number of phosphoric acid groups is 2. The zero-order chi connectivity index (χ0) is 32.0. The Labute approximate surface area is 263 Å². The van der Waals surface area contributed by atoms with Gasteiger partial charge in [-0.25, -0.2) is 9.13 Å². The van der Waals surface area contributed by atoms with Gasteiger partial charge in [-0.3, -0.25) is 9.79 Å². The van der Waals surface area contributed by atoms with Crippen LogP contribution in [0.3, 0.4) is 0 Å². The molecule has 3 rings (SSSR count). The Hall–Kier alpha value is -2.76. The van der Waals surface area contributed by atoms with Crippen molar-refractivity contribution in [2.24, 2.45) is 0 Å². The Kier molecular flexibility index (Phi) is 14.3. The van der Waals surface area contributed by atoms with Gasteiger partial charge >= 0.3 is 15.6 Å². The number of phosphoric ester groups is 2. The first kappa shape index (κ1) is 35.7. The zero-order valence-electron chi connectivity index (χ0n) is 26.5. The number of benzene rings is 3. The molecule has 0 amide bonds. The fourth-order valence-corrected chi connectivity index (χ4v) is 6.68. The van der Waals surface area contributed by atoms with E-state index in [1.807, 2.05) is 24.3 Å². The van der Waals surface area contributed by atoms with E-state index in [1.165, 1.54) is 24.3 Å². The summed E-state index contributed by atoms with van der Waals surface area (Å²) in [5.41, 5.74) is 4.02. The van der Waals surface area contributed by atoms with Crippen LogP contribution in [-0.2, 0) is 34.8 Å². The van der Waals surface area contributed by atoms with Crippen LogP contribution in [-0.4, -0.2) is 9.79 Å². The van der Waals surface area contributed by atoms with Crippen LogP contribution in [0.2, 0.25) is 0 Å². The Balaban J connectivity index is 1.76. The maximum absolute atomic E-state index is 13.1. The van der Waals surface area contributed by atoms with E-state index in [1.54, 1.807) is 12.1 Å². The topological polar surface area (TPSA) is 112 Å². The standard InChI is InChI=1S/C34H48O8P2/c1-5-9-16-27-18-13-24-33(31(27)22-11-7-3)41-43(35,36)39-29-20-15-21-30(26-29)40-44(37,38)42-34-25-14-19-28(17-10-6-2)32(34)23-12-8-4/h13-15,18-21,24-26H,5-12,16-17,22-23H2,1-4H3,(H,35,36)(H,37,38). The predicted molar refractivity (Wildman–Crippen MR) is 176 cm³/mol. The molecule has 0 heterocycles. The van der Waals surface area contributed by atoms with Gasteiger partial charge in [0, 0.05) is 6.07 Å². The molecule has 0 aromatic heterocycles. The van der Waals surface area contributed by atoms with Crippen LogP contribution in [0, 0.1) is 0 Å². The van der Waals surface area contributed by atoms with Crippen LogP contribution in [0.15, 0.2) is 60.7 Å². The van der Waals surface area contributed by atoms with Gasteiger partial charge in [-0.1, -0.05) is 83.7 Å². The predicted octanol–water partition coefficient (Wildman–Crippen LogP) is 10.2. The van der Waals surface area contributed by atoms with E-state index in [-0.39, 0.29) is 11.5 Å². The quantitative estimate of drug-likeness (QED) is 0.117. The van der Waals surface area contributed by atoms with Crippen molar-refractivity contribution in [2.75, 3.05) is 0 Å². The molecule has 3 aromatic carbocycles. The highest BCUT2D eigenvalue weighted by Gasteiger charge is 2.30. The average Bonchev–Trinajstić information content (AvgIpc) is 2.97. The van der Waals surface area contributed by atoms with Gasteiger partial charge in [-0.2, -0.15) is 0 Å². The number of unbranched alkanes of at least 4 members (excludes halogenated alkanes) is 4. The van der Waals surface area contributed by atoms with Gasteiger partial charge in [0.25, 0.3) is 0 Å². The van der Waals surface area contributed by atoms with E-state index >= 15 is 0 Å². The van der Waals surface area contributed by atoms with E-state index < -0.39 is 15.6 Å². The number of aryl methyl sites for hydroxylation is 2. The summed E-state index contributed by atoms with van der Waals surface area (Å²) in [7, 11) is -9.24. The molecule has 2 N–H and O–H groups in total. The number of hydrogen-bond donors (Lipinski definition) is 2. The van der Waals surface area contributed by atoms with E-state index in [2.05, 4.69) is 27.7 Å². The van der Waals surface area contributed by atoms with Crippen molar-refractivity contribution in [3.8, 4) is 23.0 Å². The molecule has 0 aliphatic heterocycles. The third-order valence-corrected chi connectivity index (χ3v) is 9.03. The number of rotatable bonds is 20. The second kappa shape index (κ2) is 17.7. The lowest BCUT2D eigenvalue weighted by molar-refractivity contribution is 0.286. The molecule has 0 radical (unpaired) electrons. The fourth-order valence-electron chi connectivity index (χ4n) is 5.01. The maximum atomic E-state index is 13.1. The van der Waals surface area contributed by atoms with Crippen molar-refractivity contribution in [1.29, 1.82) is 0 Å². The normalized spacial score (nSPS) is 14.0. The lowest BCUT2D eigenvalue weighted by Gasteiger charge is -2.20. The fraction of sp³-hybridized carbons (Fsp3) is 0.471. The largest absolute Gasteiger partial charge is 0.584 e. The SMILES string of the molecule is CCCCc1cccc(OP(=O)(O)Oc2cccc(OP(=O)(O)Oc3cccc(CCCC)c3CCCC)c2)c1CCCC. The smallest absolute Gasteiger partial charge is 0.395 e. The Morgan fingerprint density at radius 2 is 0.886 bits per heavy atom. The van der Waals surface area contributed by atoms with Crippen molar-refractivity contribution in [1.82, 2.24) is 0 Å². The molecule has 0 aliphatic rings. The van der Waals surface area contributed by atoms with Crippen LogP contribution in [0.25, 0.3) is 0 Å². The van der Waals surface area contributed by atoms with Crippen LogP contribution in [0.4, 0.5) is 0 Å². The van der Waals surface area contributed by atoms with Gasteiger partial charge in [-0.05, 0) is 97.9 Å². The molecular formula is C34H48O8P2. The second-order valence-electron chi connectivity index (χ2n) is 11.0. The van der Waals surface area contributed by atoms with Crippen molar-refractivity contribution >= 4 is 15.6 Å². The average molecular weight is 647 g/mol. The molecule has 2 unspecified atom stereocenters. The summed E-state index contributed by atoms with van der Waals surface area (Å²) < 4.78 is 48.1. The molecular weight excluding hydrogens is 598 g/mol. The van der Waals surface area contributed by atoms with Crippen molar-refractivity contribution in [3.05, 3.63) is 82.9 Å². The first-order valence-electron chi connectivity index (χ1n) is 15.9. The highest BCUT2D eigenvalue weighted by Crippen LogP contribution is 2.49. The molecule has 242 valence electrons. The molecule has 0 fully saturated rings. The van der Waals surface area contributed by atoms with Crippen LogP contribution >= 0.6 is 15.6 Å². The van der Waals surface area contributed by atoms with E-state index in [0.717, 1.165) is 99.3 Å². The van der Waals surface area contributed by atoms with Crippen LogP contribution < -0.4 is 18.1 Å². The van der Waals surface area contributed by atoms with Gasteiger partial charge in [-0.15, -0.1) is 0 Å². The highest BCUT2D eigenvalue weighted by molar-refractivity contribution is 7.48. The minimum absolute atomic E-state index is 0.0595. The van der Waals surface area contributed by atoms with Gasteiger partial charge < -0.3 is 18.1 Å². The van der Waals surface area contributed by atoms with Crippen LogP contribution in [0.5, 0.6) is 23.0 Å². The van der Waals surface area contributed by atoms with Crippen molar-refractivity contribution < 1.29 is 37.0 Å². The molecule has 44 heavy (non-hydrogen) atoms. The lowest BCUT2D eigenvalue weighted by atomic mass is 9.97. The molecule has 3 aromatic rings. The summed E-state index contributed by atoms with van der Waals surface area (Å²) in [4.78, 5) is 21.4. The Bertz CT molecular complexity index is 1320. The minimum Gasteiger partial charge on any atom is -0.395 e. The molecule has 0 aliphatic carbocycles. The third-order valence-electron chi connectivity index (χ3n) is 7.29. The van der Waals surface area contributed by atoms with Crippen molar-refractivity contribution in [3.63, 3.8) is 0 Å². The summed E-state index contributed by atoms with van der Waals surface area (Å²) in [6.45, 7) is 8.43. The zero-order valence-corrected chi connectivity index (χ0v) is 28.3. The summed E-state index contributed by atoms with van der Waals surface area (Å²) in [5.74, 6) is 0.517. The summed E-state index contributed by atoms with van der Waals surface area (Å²) >= 11 is 0. The highest BCUT2D eigenvalue weighted by atomic mass is 31.2. The van der Waals surface area contributed by atoms with Crippen molar-refractivity contribution in [2.45, 2.75) is 105 Å². The van der Waals surface area contributed by atoms with E-state index in [4.69, 9.17) is 18.1 Å². The lowest BCUT2D eigenvalue weighted by Crippen LogP contribution is -2.05. The van der Waals surface area contributed by atoms with Gasteiger partial charge in [0.2, 0.25) is 0 Å². The summed E-state index contributed by atoms with van der Waals surface area (Å²) in [6, 6.07) is 16.7. The molecule has 0 saturated heterocycles. The summed E-state index contributed by atoms with van der Waals surface area (Å²) in [5, 5.41) is 0. The maximum Gasteiger partial charge on any atom is 0.584 e. The molecule has 0 spiro atoms. The van der Waals surface area contributed by atoms with Crippen LogP contribution in [0.1, 0.15) is 101 Å². The Morgan fingerprint density at radius 3 is 1.27 bits per heavy atom. The Morgan fingerprint density at radius 1 is 0.523 bits per heavy atom. The molecule has 0 saturated carbocycles. The van der Waals surface area contributed by atoms with Gasteiger partial charge in [0.1, 0.15) is 23.0 Å². The first-order valence-corrected chi connectivity index (χ1v) is 18.9. The summed E-state index contributed by atoms with van der Waals surface area (Å²) in [6.07, 6.45) is 11.0. The monoisotopic (exact) mass is 646 g/mol. The molecule has 2 atom stereocenters. The molecule has 0 bridgehead atoms. The minimum atomic E-state index is -4.62. The second-order valence-corrected chi connectivity index (χ2v) is 13.6.